The van der Waals surface area contributed by atoms with Crippen LogP contribution in [0.4, 0.5) is 0 Å². The van der Waals surface area contributed by atoms with E-state index in [1.807, 2.05) is 6.07 Å². The molecule has 0 bridgehead atoms. The van der Waals surface area contributed by atoms with E-state index in [1.54, 1.807) is 18.4 Å². The molecule has 0 aliphatic carbocycles. The minimum Gasteiger partial charge on any atom is -0.382 e. The van der Waals surface area contributed by atoms with Gasteiger partial charge < -0.3 is 4.74 Å². The van der Waals surface area contributed by atoms with Crippen LogP contribution in [0, 0.1) is 0 Å². The molecule has 0 spiro atoms. The molecule has 1 heterocycles. The molecule has 2 rings (SSSR count). The third-order valence-electron chi connectivity index (χ3n) is 2.46. The maximum absolute atomic E-state index is 5.22. The van der Waals surface area contributed by atoms with E-state index >= 15 is 0 Å². The van der Waals surface area contributed by atoms with E-state index in [2.05, 4.69) is 41.9 Å². The lowest BCUT2D eigenvalue weighted by atomic mass is 10.2. The highest BCUT2D eigenvalue weighted by Gasteiger charge is 2.02. The van der Waals surface area contributed by atoms with E-state index in [4.69, 9.17) is 9.57 Å². The van der Waals surface area contributed by atoms with Crippen LogP contribution >= 0.6 is 11.3 Å². The van der Waals surface area contributed by atoms with Crippen LogP contribution in [0.1, 0.15) is 4.88 Å². The maximum atomic E-state index is 5.22. The SMILES string of the molecule is COCCONCc1ccc(-c2ccccc2)s1. The van der Waals surface area contributed by atoms with E-state index in [0.29, 0.717) is 13.2 Å². The first kappa shape index (κ1) is 13.2. The van der Waals surface area contributed by atoms with Gasteiger partial charge >= 0.3 is 0 Å². The predicted octanol–water partition coefficient (Wildman–Crippen LogP) is 3.08. The maximum Gasteiger partial charge on any atom is 0.0916 e. The van der Waals surface area contributed by atoms with Crippen molar-refractivity contribution in [3.05, 3.63) is 47.3 Å². The summed E-state index contributed by atoms with van der Waals surface area (Å²) in [6.07, 6.45) is 0. The molecule has 0 aliphatic heterocycles. The average molecular weight is 263 g/mol. The van der Waals surface area contributed by atoms with Crippen molar-refractivity contribution in [3.8, 4) is 10.4 Å². The molecular weight excluding hydrogens is 246 g/mol. The third-order valence-corrected chi connectivity index (χ3v) is 3.59. The molecule has 2 aromatic rings. The summed E-state index contributed by atoms with van der Waals surface area (Å²) >= 11 is 1.78. The number of methoxy groups -OCH3 is 1. The molecule has 1 aromatic carbocycles. The minimum absolute atomic E-state index is 0.563. The van der Waals surface area contributed by atoms with Gasteiger partial charge in [-0.15, -0.1) is 11.3 Å². The first-order valence-corrected chi connectivity index (χ1v) is 6.69. The Hall–Kier alpha value is -1.20. The van der Waals surface area contributed by atoms with Crippen molar-refractivity contribution >= 4 is 11.3 Å². The zero-order chi connectivity index (χ0) is 12.6. The Morgan fingerprint density at radius 1 is 1.06 bits per heavy atom. The highest BCUT2D eigenvalue weighted by Crippen LogP contribution is 2.27. The molecule has 1 N–H and O–H groups in total. The second-order valence-corrected chi connectivity index (χ2v) is 4.96. The van der Waals surface area contributed by atoms with E-state index in [9.17, 15) is 0 Å². The van der Waals surface area contributed by atoms with Gasteiger partial charge in [-0.25, -0.2) is 0 Å². The Balaban J connectivity index is 1.83. The second kappa shape index (κ2) is 7.28. The van der Waals surface area contributed by atoms with Crippen LogP contribution in [-0.4, -0.2) is 20.3 Å². The number of benzene rings is 1. The number of nitrogens with one attached hydrogen (secondary N) is 1. The molecule has 96 valence electrons. The Labute approximate surface area is 111 Å². The van der Waals surface area contributed by atoms with Gasteiger partial charge in [0.05, 0.1) is 19.8 Å². The Kier molecular flexibility index (Phi) is 5.36. The van der Waals surface area contributed by atoms with Crippen LogP contribution < -0.4 is 5.48 Å². The lowest BCUT2D eigenvalue weighted by Crippen LogP contribution is -2.16. The topological polar surface area (TPSA) is 30.5 Å². The lowest BCUT2D eigenvalue weighted by Gasteiger charge is -2.03. The molecule has 0 amide bonds. The molecule has 0 fully saturated rings. The molecule has 1 aromatic heterocycles. The van der Waals surface area contributed by atoms with Crippen molar-refractivity contribution in [1.82, 2.24) is 5.48 Å². The standard InChI is InChI=1S/C14H17NO2S/c1-16-9-10-17-15-11-13-7-8-14(18-13)12-5-3-2-4-6-12/h2-8,15H,9-11H2,1H3. The van der Waals surface area contributed by atoms with Crippen LogP contribution in [0.15, 0.2) is 42.5 Å². The Morgan fingerprint density at radius 3 is 2.67 bits per heavy atom. The van der Waals surface area contributed by atoms with Crippen LogP contribution in [-0.2, 0) is 16.1 Å². The van der Waals surface area contributed by atoms with Gasteiger partial charge in [0.25, 0.3) is 0 Å². The van der Waals surface area contributed by atoms with E-state index in [0.717, 1.165) is 6.54 Å². The second-order valence-electron chi connectivity index (χ2n) is 3.79. The third kappa shape index (κ3) is 3.92. The van der Waals surface area contributed by atoms with Crippen LogP contribution in [0.25, 0.3) is 10.4 Å². The van der Waals surface area contributed by atoms with Crippen LogP contribution in [0.5, 0.6) is 0 Å². The number of hydrogen-bond donors (Lipinski definition) is 1. The lowest BCUT2D eigenvalue weighted by molar-refractivity contribution is 0.00387. The van der Waals surface area contributed by atoms with Gasteiger partial charge in [-0.3, -0.25) is 4.84 Å². The normalized spacial score (nSPS) is 10.7. The van der Waals surface area contributed by atoms with E-state index in [-0.39, 0.29) is 0 Å². The first-order chi connectivity index (χ1) is 8.90. The van der Waals surface area contributed by atoms with Gasteiger partial charge in [0.2, 0.25) is 0 Å². The Bertz CT molecular complexity index is 456. The van der Waals surface area contributed by atoms with Crippen molar-refractivity contribution < 1.29 is 9.57 Å². The number of hydrogen-bond acceptors (Lipinski definition) is 4. The van der Waals surface area contributed by atoms with Crippen LogP contribution in [0.3, 0.4) is 0 Å². The number of thiophene rings is 1. The summed E-state index contributed by atoms with van der Waals surface area (Å²) in [5.74, 6) is 0. The van der Waals surface area contributed by atoms with E-state index < -0.39 is 0 Å². The zero-order valence-corrected chi connectivity index (χ0v) is 11.2. The minimum atomic E-state index is 0.563. The smallest absolute Gasteiger partial charge is 0.0916 e. The summed E-state index contributed by atoms with van der Waals surface area (Å²) in [6.45, 7) is 1.89. The summed E-state index contributed by atoms with van der Waals surface area (Å²) < 4.78 is 4.89. The van der Waals surface area contributed by atoms with Crippen molar-refractivity contribution in [3.63, 3.8) is 0 Å². The fourth-order valence-electron chi connectivity index (χ4n) is 1.55. The summed E-state index contributed by atoms with van der Waals surface area (Å²) in [4.78, 5) is 7.76. The molecule has 0 atom stereocenters. The monoisotopic (exact) mass is 263 g/mol. The summed E-state index contributed by atoms with van der Waals surface area (Å²) in [7, 11) is 1.66. The van der Waals surface area contributed by atoms with Gasteiger partial charge in [-0.1, -0.05) is 30.3 Å². The van der Waals surface area contributed by atoms with Gasteiger partial charge in [0.1, 0.15) is 0 Å². The summed E-state index contributed by atoms with van der Waals surface area (Å²) in [5, 5.41) is 0. The Morgan fingerprint density at radius 2 is 1.89 bits per heavy atom. The summed E-state index contributed by atoms with van der Waals surface area (Å²) in [6, 6.07) is 14.7. The molecule has 0 unspecified atom stereocenters. The fourth-order valence-corrected chi connectivity index (χ4v) is 2.49. The van der Waals surface area contributed by atoms with E-state index in [1.165, 1.54) is 15.3 Å². The summed E-state index contributed by atoms with van der Waals surface area (Å²) in [5.41, 5.74) is 4.19. The first-order valence-electron chi connectivity index (χ1n) is 5.88. The number of hydroxylamine groups is 1. The van der Waals surface area contributed by atoms with Gasteiger partial charge in [0, 0.05) is 16.9 Å². The van der Waals surface area contributed by atoms with Crippen molar-refractivity contribution in [2.24, 2.45) is 0 Å². The zero-order valence-electron chi connectivity index (χ0n) is 10.4. The number of ether oxygens (including phenoxy) is 1. The van der Waals surface area contributed by atoms with Crippen molar-refractivity contribution in [2.75, 3.05) is 20.3 Å². The molecule has 0 aliphatic rings. The van der Waals surface area contributed by atoms with Crippen molar-refractivity contribution in [1.29, 1.82) is 0 Å². The van der Waals surface area contributed by atoms with Gasteiger partial charge in [-0.05, 0) is 17.7 Å². The van der Waals surface area contributed by atoms with Crippen molar-refractivity contribution in [2.45, 2.75) is 6.54 Å². The van der Waals surface area contributed by atoms with Gasteiger partial charge in [-0.2, -0.15) is 5.48 Å². The highest BCUT2D eigenvalue weighted by molar-refractivity contribution is 7.15. The number of rotatable bonds is 7. The van der Waals surface area contributed by atoms with Gasteiger partial charge in [0.15, 0.2) is 0 Å². The average Bonchev–Trinajstić information content (AvgIpc) is 2.88. The molecule has 0 saturated carbocycles. The molecular formula is C14H17NO2S. The quantitative estimate of drug-likeness (QED) is 0.615. The largest absolute Gasteiger partial charge is 0.382 e. The molecule has 0 saturated heterocycles. The van der Waals surface area contributed by atoms with Crippen LogP contribution in [0.2, 0.25) is 0 Å². The molecule has 4 heteroatoms. The predicted molar refractivity (Wildman–Crippen MR) is 74.4 cm³/mol. The molecule has 3 nitrogen and oxygen atoms in total. The molecule has 0 radical (unpaired) electrons. The fraction of sp³-hybridized carbons (Fsp3) is 0.286. The highest BCUT2D eigenvalue weighted by atomic mass is 32.1. The molecule has 18 heavy (non-hydrogen) atoms.